The van der Waals surface area contributed by atoms with Crippen LogP contribution in [0.4, 0.5) is 0 Å². The second-order valence-corrected chi connectivity index (χ2v) is 6.22. The minimum Gasteiger partial charge on any atom is -0.343 e. The van der Waals surface area contributed by atoms with Crippen LogP contribution in [0.1, 0.15) is 28.9 Å². The molecule has 23 heavy (non-hydrogen) atoms. The van der Waals surface area contributed by atoms with Crippen LogP contribution in [0.15, 0.2) is 35.5 Å². The van der Waals surface area contributed by atoms with Crippen LogP contribution in [-0.4, -0.2) is 31.6 Å². The van der Waals surface area contributed by atoms with Crippen molar-refractivity contribution in [2.45, 2.75) is 25.5 Å². The third kappa shape index (κ3) is 3.68. The summed E-state index contributed by atoms with van der Waals surface area (Å²) >= 11 is 1.52. The molecule has 0 spiro atoms. The van der Waals surface area contributed by atoms with Crippen LogP contribution in [0.25, 0.3) is 11.0 Å². The fourth-order valence-electron chi connectivity index (χ4n) is 2.20. The summed E-state index contributed by atoms with van der Waals surface area (Å²) < 4.78 is 0. The van der Waals surface area contributed by atoms with Gasteiger partial charge in [-0.05, 0) is 30.9 Å². The number of carbonyl (C=O) groups excluding carboxylic acids is 1. The van der Waals surface area contributed by atoms with Crippen molar-refractivity contribution in [3.05, 3.63) is 47.5 Å². The number of imidazole rings is 1. The van der Waals surface area contributed by atoms with E-state index in [4.69, 9.17) is 0 Å². The molecule has 0 aliphatic carbocycles. The van der Waals surface area contributed by atoms with Gasteiger partial charge in [-0.3, -0.25) is 4.79 Å². The molecule has 2 N–H and O–H groups in total. The first-order chi connectivity index (χ1) is 11.2. The standard InChI is InChI=1S/C16H17N5OS/c1-3-23-16-18-10(2)8-13(21-16)15(22)17-9-14-19-11-6-4-5-7-12(11)20-14/h4-8H,3,9H2,1-2H3,(H,17,22)(H,19,20). The lowest BCUT2D eigenvalue weighted by atomic mass is 10.3. The van der Waals surface area contributed by atoms with Gasteiger partial charge in [-0.1, -0.05) is 30.8 Å². The van der Waals surface area contributed by atoms with Crippen molar-refractivity contribution < 1.29 is 4.79 Å². The van der Waals surface area contributed by atoms with Crippen LogP contribution in [0.2, 0.25) is 0 Å². The zero-order valence-corrected chi connectivity index (χ0v) is 13.8. The van der Waals surface area contributed by atoms with E-state index in [0.717, 1.165) is 22.5 Å². The Morgan fingerprint density at radius 1 is 1.26 bits per heavy atom. The van der Waals surface area contributed by atoms with Gasteiger partial charge in [-0.15, -0.1) is 0 Å². The highest BCUT2D eigenvalue weighted by molar-refractivity contribution is 7.99. The molecule has 0 atom stereocenters. The third-order valence-electron chi connectivity index (χ3n) is 3.19. The lowest BCUT2D eigenvalue weighted by Crippen LogP contribution is -2.24. The Morgan fingerprint density at radius 3 is 2.87 bits per heavy atom. The van der Waals surface area contributed by atoms with Crippen LogP contribution in [0, 0.1) is 6.92 Å². The molecule has 118 valence electrons. The van der Waals surface area contributed by atoms with Crippen LogP contribution in [-0.2, 0) is 6.54 Å². The molecule has 7 heteroatoms. The van der Waals surface area contributed by atoms with Crippen LogP contribution < -0.4 is 5.32 Å². The molecule has 0 fully saturated rings. The fraction of sp³-hybridized carbons (Fsp3) is 0.250. The number of H-pyrrole nitrogens is 1. The number of rotatable bonds is 5. The second-order valence-electron chi connectivity index (χ2n) is 4.99. The molecule has 0 unspecified atom stereocenters. The second kappa shape index (κ2) is 6.78. The number of hydrogen-bond donors (Lipinski definition) is 2. The largest absolute Gasteiger partial charge is 0.343 e. The molecule has 0 aliphatic heterocycles. The van der Waals surface area contributed by atoms with Crippen LogP contribution in [0.3, 0.4) is 0 Å². The zero-order chi connectivity index (χ0) is 16.2. The van der Waals surface area contributed by atoms with Gasteiger partial charge in [0.15, 0.2) is 5.16 Å². The molecule has 0 aliphatic rings. The number of benzene rings is 1. The van der Waals surface area contributed by atoms with E-state index in [1.165, 1.54) is 11.8 Å². The van der Waals surface area contributed by atoms with E-state index in [1.54, 1.807) is 6.07 Å². The topological polar surface area (TPSA) is 83.6 Å². The summed E-state index contributed by atoms with van der Waals surface area (Å²) in [5, 5.41) is 3.47. The smallest absolute Gasteiger partial charge is 0.270 e. The van der Waals surface area contributed by atoms with Gasteiger partial charge in [0.1, 0.15) is 11.5 Å². The number of fused-ring (bicyclic) bond motifs is 1. The van der Waals surface area contributed by atoms with E-state index < -0.39 is 0 Å². The number of aromatic nitrogens is 4. The number of aromatic amines is 1. The molecular formula is C16H17N5OS. The number of nitrogens with one attached hydrogen (secondary N) is 2. The molecule has 2 aromatic heterocycles. The number of amides is 1. The Hall–Kier alpha value is -2.41. The van der Waals surface area contributed by atoms with Gasteiger partial charge >= 0.3 is 0 Å². The average Bonchev–Trinajstić information content (AvgIpc) is 2.95. The van der Waals surface area contributed by atoms with Crippen molar-refractivity contribution in [2.24, 2.45) is 0 Å². The van der Waals surface area contributed by atoms with Crippen molar-refractivity contribution >= 4 is 28.7 Å². The highest BCUT2D eigenvalue weighted by atomic mass is 32.2. The number of aryl methyl sites for hydroxylation is 1. The number of carbonyl (C=O) groups is 1. The summed E-state index contributed by atoms with van der Waals surface area (Å²) in [6.07, 6.45) is 0. The van der Waals surface area contributed by atoms with Gasteiger partial charge in [0.05, 0.1) is 17.6 Å². The zero-order valence-electron chi connectivity index (χ0n) is 13.0. The molecule has 3 rings (SSSR count). The summed E-state index contributed by atoms with van der Waals surface area (Å²) in [5.74, 6) is 1.35. The number of hydrogen-bond acceptors (Lipinski definition) is 5. The number of thioether (sulfide) groups is 1. The maximum atomic E-state index is 12.3. The predicted molar refractivity (Wildman–Crippen MR) is 90.4 cm³/mol. The Balaban J connectivity index is 1.71. The van der Waals surface area contributed by atoms with Gasteiger partial charge in [0, 0.05) is 5.69 Å². The molecule has 1 amide bonds. The van der Waals surface area contributed by atoms with E-state index in [2.05, 4.69) is 25.3 Å². The minimum absolute atomic E-state index is 0.228. The lowest BCUT2D eigenvalue weighted by Gasteiger charge is -2.05. The van der Waals surface area contributed by atoms with Gasteiger partial charge in [0.25, 0.3) is 5.91 Å². The molecule has 0 radical (unpaired) electrons. The minimum atomic E-state index is -0.228. The summed E-state index contributed by atoms with van der Waals surface area (Å²) in [6.45, 7) is 4.21. The summed E-state index contributed by atoms with van der Waals surface area (Å²) in [6, 6.07) is 9.45. The van der Waals surface area contributed by atoms with E-state index in [0.29, 0.717) is 23.2 Å². The van der Waals surface area contributed by atoms with Crippen LogP contribution >= 0.6 is 11.8 Å². The van der Waals surface area contributed by atoms with E-state index >= 15 is 0 Å². The maximum Gasteiger partial charge on any atom is 0.270 e. The Morgan fingerprint density at radius 2 is 2.09 bits per heavy atom. The quantitative estimate of drug-likeness (QED) is 0.556. The van der Waals surface area contributed by atoms with Gasteiger partial charge in [-0.2, -0.15) is 0 Å². The van der Waals surface area contributed by atoms with Crippen molar-refractivity contribution in [1.82, 2.24) is 25.3 Å². The lowest BCUT2D eigenvalue weighted by molar-refractivity contribution is 0.0944. The van der Waals surface area contributed by atoms with E-state index in [9.17, 15) is 4.79 Å². The molecule has 3 aromatic rings. The number of nitrogens with zero attached hydrogens (tertiary/aromatic N) is 3. The fourth-order valence-corrected chi connectivity index (χ4v) is 2.82. The summed E-state index contributed by atoms with van der Waals surface area (Å²) in [4.78, 5) is 28.5. The van der Waals surface area contributed by atoms with E-state index in [1.807, 2.05) is 38.1 Å². The monoisotopic (exact) mass is 327 g/mol. The Labute approximate surface area is 138 Å². The molecule has 0 saturated heterocycles. The first-order valence-corrected chi connectivity index (χ1v) is 8.34. The molecule has 1 aromatic carbocycles. The average molecular weight is 327 g/mol. The molecule has 6 nitrogen and oxygen atoms in total. The van der Waals surface area contributed by atoms with Crippen LogP contribution in [0.5, 0.6) is 0 Å². The van der Waals surface area contributed by atoms with Crippen molar-refractivity contribution in [1.29, 1.82) is 0 Å². The van der Waals surface area contributed by atoms with Gasteiger partial charge in [0.2, 0.25) is 0 Å². The highest BCUT2D eigenvalue weighted by Crippen LogP contribution is 2.14. The first kappa shape index (κ1) is 15.5. The SMILES string of the molecule is CCSc1nc(C)cc(C(=O)NCc2nc3ccccc3[nH]2)n1. The molecular weight excluding hydrogens is 310 g/mol. The Bertz CT molecular complexity index is 812. The molecule has 0 bridgehead atoms. The van der Waals surface area contributed by atoms with Crippen molar-refractivity contribution in [3.8, 4) is 0 Å². The van der Waals surface area contributed by atoms with Crippen molar-refractivity contribution in [2.75, 3.05) is 5.75 Å². The third-order valence-corrected chi connectivity index (χ3v) is 3.92. The number of para-hydroxylation sites is 2. The maximum absolute atomic E-state index is 12.3. The van der Waals surface area contributed by atoms with Gasteiger partial charge < -0.3 is 10.3 Å². The molecule has 2 heterocycles. The first-order valence-electron chi connectivity index (χ1n) is 7.36. The van der Waals surface area contributed by atoms with E-state index in [-0.39, 0.29) is 5.91 Å². The highest BCUT2D eigenvalue weighted by Gasteiger charge is 2.11. The summed E-state index contributed by atoms with van der Waals surface area (Å²) in [5.41, 5.74) is 3.00. The molecule has 0 saturated carbocycles. The van der Waals surface area contributed by atoms with Crippen molar-refractivity contribution in [3.63, 3.8) is 0 Å². The Kier molecular flexibility index (Phi) is 4.57. The normalized spacial score (nSPS) is 10.9. The summed E-state index contributed by atoms with van der Waals surface area (Å²) in [7, 11) is 0. The predicted octanol–water partition coefficient (Wildman–Crippen LogP) is 2.70. The van der Waals surface area contributed by atoms with Gasteiger partial charge in [-0.25, -0.2) is 15.0 Å².